The van der Waals surface area contributed by atoms with Gasteiger partial charge in [-0.25, -0.2) is 4.98 Å². The maximum Gasteiger partial charge on any atom is 0.260 e. The molecule has 0 aliphatic carbocycles. The van der Waals surface area contributed by atoms with Crippen LogP contribution in [0, 0.1) is 5.82 Å². The van der Waals surface area contributed by atoms with Gasteiger partial charge in [0.1, 0.15) is 5.75 Å². The first-order chi connectivity index (χ1) is 10.1. The molecule has 1 aromatic carbocycles. The highest BCUT2D eigenvalue weighted by Crippen LogP contribution is 2.30. The third-order valence-corrected chi connectivity index (χ3v) is 2.99. The molecular formula is C16H20FN3O. The van der Waals surface area contributed by atoms with Gasteiger partial charge < -0.3 is 10.1 Å². The van der Waals surface area contributed by atoms with Gasteiger partial charge in [-0.2, -0.15) is 9.37 Å². The van der Waals surface area contributed by atoms with Crippen LogP contribution in [-0.2, 0) is 0 Å². The fourth-order valence-corrected chi connectivity index (χ4v) is 1.90. The predicted octanol–water partition coefficient (Wildman–Crippen LogP) is 4.35. The molecule has 0 aliphatic heterocycles. The number of hydrogen-bond acceptors (Lipinski definition) is 4. The molecule has 0 fully saturated rings. The zero-order valence-corrected chi connectivity index (χ0v) is 12.6. The summed E-state index contributed by atoms with van der Waals surface area (Å²) in [5.74, 6) is 0.637. The van der Waals surface area contributed by atoms with Crippen LogP contribution >= 0.6 is 0 Å². The van der Waals surface area contributed by atoms with Gasteiger partial charge in [-0.1, -0.05) is 39.0 Å². The Bertz CT molecular complexity index is 602. The lowest BCUT2D eigenvalue weighted by Crippen LogP contribution is -2.06. The first kappa shape index (κ1) is 15.2. The second-order valence-corrected chi connectivity index (χ2v) is 5.07. The van der Waals surface area contributed by atoms with Gasteiger partial charge in [-0.05, 0) is 24.0 Å². The smallest absolute Gasteiger partial charge is 0.260 e. The maximum absolute atomic E-state index is 13.8. The molecule has 21 heavy (non-hydrogen) atoms. The summed E-state index contributed by atoms with van der Waals surface area (Å²) >= 11 is 0. The Hall–Kier alpha value is -2.17. The van der Waals surface area contributed by atoms with Gasteiger partial charge in [0.2, 0.25) is 11.8 Å². The van der Waals surface area contributed by atoms with Crippen LogP contribution in [-0.4, -0.2) is 16.5 Å². The number of hydrogen-bond donors (Lipinski definition) is 1. The van der Waals surface area contributed by atoms with E-state index >= 15 is 0 Å². The van der Waals surface area contributed by atoms with Gasteiger partial charge in [0, 0.05) is 6.54 Å². The highest BCUT2D eigenvalue weighted by atomic mass is 19.1. The molecule has 0 radical (unpaired) electrons. The Morgan fingerprint density at radius 2 is 2.05 bits per heavy atom. The molecular weight excluding hydrogens is 269 g/mol. The monoisotopic (exact) mass is 289 g/mol. The summed E-state index contributed by atoms with van der Waals surface area (Å²) in [4.78, 5) is 7.98. The van der Waals surface area contributed by atoms with E-state index < -0.39 is 5.82 Å². The molecule has 0 bridgehead atoms. The number of para-hydroxylation sites is 1. The molecule has 0 unspecified atom stereocenters. The molecule has 0 saturated carbocycles. The van der Waals surface area contributed by atoms with E-state index in [1.165, 1.54) is 0 Å². The minimum Gasteiger partial charge on any atom is -0.436 e. The zero-order valence-electron chi connectivity index (χ0n) is 12.6. The van der Waals surface area contributed by atoms with Crippen molar-refractivity contribution in [2.75, 3.05) is 11.9 Å². The van der Waals surface area contributed by atoms with E-state index in [9.17, 15) is 4.39 Å². The third kappa shape index (κ3) is 3.90. The summed E-state index contributed by atoms with van der Waals surface area (Å²) in [5, 5.41) is 3.02. The summed E-state index contributed by atoms with van der Waals surface area (Å²) in [5.41, 5.74) is 1.01. The Labute approximate surface area is 124 Å². The lowest BCUT2D eigenvalue weighted by atomic mass is 10.0. The number of anilines is 1. The molecule has 1 N–H and O–H groups in total. The number of rotatable bonds is 6. The Morgan fingerprint density at radius 3 is 2.76 bits per heavy atom. The van der Waals surface area contributed by atoms with Gasteiger partial charge in [0.15, 0.2) is 0 Å². The lowest BCUT2D eigenvalue weighted by molar-refractivity contribution is 0.415. The molecule has 0 amide bonds. The summed E-state index contributed by atoms with van der Waals surface area (Å²) in [6.45, 7) is 6.89. The van der Waals surface area contributed by atoms with Gasteiger partial charge in [-0.3, -0.25) is 0 Å². The Kier molecular flexibility index (Phi) is 5.09. The quantitative estimate of drug-likeness (QED) is 0.858. The molecule has 1 heterocycles. The van der Waals surface area contributed by atoms with Crippen molar-refractivity contribution in [2.45, 2.75) is 33.1 Å². The van der Waals surface area contributed by atoms with Gasteiger partial charge >= 0.3 is 0 Å². The van der Waals surface area contributed by atoms with Crippen LogP contribution in [0.5, 0.6) is 11.6 Å². The third-order valence-electron chi connectivity index (χ3n) is 2.99. The van der Waals surface area contributed by atoms with Crippen LogP contribution in [0.2, 0.25) is 0 Å². The van der Waals surface area contributed by atoms with Crippen molar-refractivity contribution in [3.05, 3.63) is 41.8 Å². The number of halogens is 1. The summed E-state index contributed by atoms with van der Waals surface area (Å²) in [6, 6.07) is 7.58. The fraction of sp³-hybridized carbons (Fsp3) is 0.375. The van der Waals surface area contributed by atoms with Crippen molar-refractivity contribution in [1.82, 2.24) is 9.97 Å². The van der Waals surface area contributed by atoms with Crippen molar-refractivity contribution in [1.29, 1.82) is 0 Å². The molecule has 4 nitrogen and oxygen atoms in total. The molecule has 0 saturated heterocycles. The van der Waals surface area contributed by atoms with Crippen LogP contribution in [0.3, 0.4) is 0 Å². The van der Waals surface area contributed by atoms with Crippen LogP contribution in [0.1, 0.15) is 38.7 Å². The Morgan fingerprint density at radius 1 is 1.29 bits per heavy atom. The van der Waals surface area contributed by atoms with Crippen LogP contribution in [0.15, 0.2) is 30.5 Å². The standard InChI is InChI=1S/C16H20FN3O/c1-4-9-18-16-19-10-13(17)15(20-16)21-14-8-6-5-7-12(14)11(2)3/h5-8,10-11H,4,9H2,1-3H3,(H,18,19,20). The fourth-order valence-electron chi connectivity index (χ4n) is 1.90. The average molecular weight is 289 g/mol. The van der Waals surface area contributed by atoms with E-state index in [0.717, 1.165) is 24.7 Å². The average Bonchev–Trinajstić information content (AvgIpc) is 2.48. The van der Waals surface area contributed by atoms with Gasteiger partial charge in [-0.15, -0.1) is 0 Å². The van der Waals surface area contributed by atoms with Crippen LogP contribution < -0.4 is 10.1 Å². The summed E-state index contributed by atoms with van der Waals surface area (Å²) < 4.78 is 19.5. The highest BCUT2D eigenvalue weighted by Gasteiger charge is 2.13. The van der Waals surface area contributed by atoms with E-state index in [1.54, 1.807) is 0 Å². The minimum absolute atomic E-state index is 0.0586. The molecule has 112 valence electrons. The largest absolute Gasteiger partial charge is 0.436 e. The summed E-state index contributed by atoms with van der Waals surface area (Å²) in [7, 11) is 0. The number of ether oxygens (including phenoxy) is 1. The SMILES string of the molecule is CCCNc1ncc(F)c(Oc2ccccc2C(C)C)n1. The first-order valence-corrected chi connectivity index (χ1v) is 7.15. The molecule has 5 heteroatoms. The van der Waals surface area contributed by atoms with Gasteiger partial charge in [0.05, 0.1) is 6.20 Å². The minimum atomic E-state index is -0.574. The number of benzene rings is 1. The van der Waals surface area contributed by atoms with Gasteiger partial charge in [0.25, 0.3) is 5.88 Å². The van der Waals surface area contributed by atoms with E-state index in [1.807, 2.05) is 31.2 Å². The summed E-state index contributed by atoms with van der Waals surface area (Å²) in [6.07, 6.45) is 2.06. The molecule has 0 aliphatic rings. The lowest BCUT2D eigenvalue weighted by Gasteiger charge is -2.13. The number of aromatic nitrogens is 2. The van der Waals surface area contributed by atoms with Crippen molar-refractivity contribution in [3.63, 3.8) is 0 Å². The van der Waals surface area contributed by atoms with Crippen LogP contribution in [0.4, 0.5) is 10.3 Å². The van der Waals surface area contributed by atoms with Crippen molar-refractivity contribution < 1.29 is 9.13 Å². The maximum atomic E-state index is 13.8. The molecule has 2 rings (SSSR count). The first-order valence-electron chi connectivity index (χ1n) is 7.15. The van der Waals surface area contributed by atoms with Crippen LogP contribution in [0.25, 0.3) is 0 Å². The second-order valence-electron chi connectivity index (χ2n) is 5.07. The normalized spacial score (nSPS) is 10.7. The molecule has 1 aromatic heterocycles. The zero-order chi connectivity index (χ0) is 15.2. The topological polar surface area (TPSA) is 47.0 Å². The molecule has 2 aromatic rings. The van der Waals surface area contributed by atoms with E-state index in [-0.39, 0.29) is 11.8 Å². The van der Waals surface area contributed by atoms with E-state index in [4.69, 9.17) is 4.74 Å². The molecule has 0 atom stereocenters. The van der Waals surface area contributed by atoms with Crippen molar-refractivity contribution in [3.8, 4) is 11.6 Å². The number of nitrogens with one attached hydrogen (secondary N) is 1. The number of nitrogens with zero attached hydrogens (tertiary/aromatic N) is 2. The van der Waals surface area contributed by atoms with E-state index in [0.29, 0.717) is 11.7 Å². The molecule has 0 spiro atoms. The Balaban J connectivity index is 2.26. The predicted molar refractivity (Wildman–Crippen MR) is 81.4 cm³/mol. The van der Waals surface area contributed by atoms with Crippen molar-refractivity contribution in [2.24, 2.45) is 0 Å². The van der Waals surface area contributed by atoms with E-state index in [2.05, 4.69) is 29.1 Å². The van der Waals surface area contributed by atoms with Crippen molar-refractivity contribution >= 4 is 5.95 Å². The second kappa shape index (κ2) is 7.02. The highest BCUT2D eigenvalue weighted by molar-refractivity contribution is 5.39.